The zero-order valence-electron chi connectivity index (χ0n) is 23.7. The van der Waals surface area contributed by atoms with Gasteiger partial charge < -0.3 is 19.7 Å². The highest BCUT2D eigenvalue weighted by Crippen LogP contribution is 2.33. The van der Waals surface area contributed by atoms with Crippen LogP contribution in [0.2, 0.25) is 0 Å². The topological polar surface area (TPSA) is 105 Å². The van der Waals surface area contributed by atoms with Crippen LogP contribution in [0.4, 0.5) is 5.69 Å². The second kappa shape index (κ2) is 14.9. The minimum atomic E-state index is -4.24. The Morgan fingerprint density at radius 3 is 2.22 bits per heavy atom. The number of para-hydroxylation sites is 2. The summed E-state index contributed by atoms with van der Waals surface area (Å²) in [7, 11) is -1.32. The van der Waals surface area contributed by atoms with Gasteiger partial charge in [0.05, 0.1) is 24.8 Å². The molecule has 1 atom stereocenters. The number of nitrogens with zero attached hydrogens (tertiary/aromatic N) is 2. The molecule has 3 rings (SSSR count). The number of hydrogen-bond donors (Lipinski definition) is 1. The van der Waals surface area contributed by atoms with Crippen molar-refractivity contribution >= 4 is 43.5 Å². The number of hydrogen-bond acceptors (Lipinski definition) is 6. The standard InChI is InChI=1S/C30H36BrN3O6S/c1-5-6-19-32-30(36)22(2)33(20-23-11-13-24(31)14-12-23)29(35)21-34(27-9-7-8-10-28(27)40-4)41(37,38)26-17-15-25(39-3)16-18-26/h7-18,22H,5-6,19-21H2,1-4H3,(H,32,36)/t22-/m1/s1. The summed E-state index contributed by atoms with van der Waals surface area (Å²) in [6.07, 6.45) is 1.72. The zero-order chi connectivity index (χ0) is 30.0. The van der Waals surface area contributed by atoms with Crippen molar-refractivity contribution in [3.63, 3.8) is 0 Å². The van der Waals surface area contributed by atoms with Gasteiger partial charge in [-0.3, -0.25) is 13.9 Å². The van der Waals surface area contributed by atoms with Crippen LogP contribution in [-0.4, -0.2) is 58.5 Å². The van der Waals surface area contributed by atoms with Crippen molar-refractivity contribution in [2.24, 2.45) is 0 Å². The molecule has 0 saturated heterocycles. The molecule has 0 unspecified atom stereocenters. The van der Waals surface area contributed by atoms with Crippen LogP contribution < -0.4 is 19.1 Å². The Bertz CT molecular complexity index is 1410. The van der Waals surface area contributed by atoms with Gasteiger partial charge in [-0.2, -0.15) is 0 Å². The normalized spacial score (nSPS) is 11.8. The molecule has 0 heterocycles. The molecule has 41 heavy (non-hydrogen) atoms. The number of ether oxygens (including phenoxy) is 2. The predicted molar refractivity (Wildman–Crippen MR) is 163 cm³/mol. The molecule has 2 amide bonds. The van der Waals surface area contributed by atoms with Crippen LogP contribution in [0.1, 0.15) is 32.3 Å². The van der Waals surface area contributed by atoms with Gasteiger partial charge in [0.15, 0.2) is 0 Å². The Labute approximate surface area is 250 Å². The molecule has 0 spiro atoms. The number of carbonyl (C=O) groups is 2. The third kappa shape index (κ3) is 8.23. The molecule has 3 aromatic rings. The molecule has 0 aromatic heterocycles. The van der Waals surface area contributed by atoms with E-state index in [9.17, 15) is 18.0 Å². The van der Waals surface area contributed by atoms with Crippen molar-refractivity contribution in [3.8, 4) is 11.5 Å². The maximum absolute atomic E-state index is 14.0. The summed E-state index contributed by atoms with van der Waals surface area (Å²) in [4.78, 5) is 28.5. The summed E-state index contributed by atoms with van der Waals surface area (Å²) in [5.41, 5.74) is 0.986. The highest BCUT2D eigenvalue weighted by molar-refractivity contribution is 9.10. The summed E-state index contributed by atoms with van der Waals surface area (Å²) in [5, 5.41) is 2.88. The molecular formula is C30H36BrN3O6S. The Morgan fingerprint density at radius 1 is 0.951 bits per heavy atom. The molecular weight excluding hydrogens is 610 g/mol. The van der Waals surface area contributed by atoms with E-state index in [-0.39, 0.29) is 28.8 Å². The maximum atomic E-state index is 14.0. The number of rotatable bonds is 14. The number of amides is 2. The predicted octanol–water partition coefficient (Wildman–Crippen LogP) is 5.00. The van der Waals surface area contributed by atoms with Crippen LogP contribution in [0.15, 0.2) is 82.2 Å². The molecule has 0 fully saturated rings. The molecule has 0 aliphatic carbocycles. The second-order valence-electron chi connectivity index (χ2n) is 9.33. The van der Waals surface area contributed by atoms with E-state index in [1.54, 1.807) is 31.2 Å². The molecule has 0 aliphatic heterocycles. The number of anilines is 1. The number of halogens is 1. The molecule has 1 N–H and O–H groups in total. The summed E-state index contributed by atoms with van der Waals surface area (Å²) >= 11 is 3.42. The molecule has 9 nitrogen and oxygen atoms in total. The Morgan fingerprint density at radius 2 is 1.61 bits per heavy atom. The largest absolute Gasteiger partial charge is 0.497 e. The number of benzene rings is 3. The molecule has 0 bridgehead atoms. The summed E-state index contributed by atoms with van der Waals surface area (Å²) in [5.74, 6) is -0.0885. The molecule has 220 valence electrons. The van der Waals surface area contributed by atoms with Gasteiger partial charge in [-0.05, 0) is 67.4 Å². The highest BCUT2D eigenvalue weighted by atomic mass is 79.9. The third-order valence-electron chi connectivity index (χ3n) is 6.54. The van der Waals surface area contributed by atoms with E-state index >= 15 is 0 Å². The van der Waals surface area contributed by atoms with Gasteiger partial charge in [-0.15, -0.1) is 0 Å². The van der Waals surface area contributed by atoms with E-state index in [4.69, 9.17) is 9.47 Å². The lowest BCUT2D eigenvalue weighted by Crippen LogP contribution is -2.51. The van der Waals surface area contributed by atoms with Crippen LogP contribution >= 0.6 is 15.9 Å². The SMILES string of the molecule is CCCCNC(=O)[C@@H](C)N(Cc1ccc(Br)cc1)C(=O)CN(c1ccccc1OC)S(=O)(=O)c1ccc(OC)cc1. The number of sulfonamides is 1. The van der Waals surface area contributed by atoms with Crippen molar-refractivity contribution in [2.75, 3.05) is 31.6 Å². The minimum absolute atomic E-state index is 0.0261. The van der Waals surface area contributed by atoms with Crippen molar-refractivity contribution in [1.82, 2.24) is 10.2 Å². The summed E-state index contributed by atoms with van der Waals surface area (Å²) in [6.45, 7) is 3.70. The van der Waals surface area contributed by atoms with Gasteiger partial charge in [0.25, 0.3) is 10.0 Å². The first-order valence-electron chi connectivity index (χ1n) is 13.2. The van der Waals surface area contributed by atoms with Crippen LogP contribution in [0, 0.1) is 0 Å². The average Bonchev–Trinajstić information content (AvgIpc) is 2.99. The van der Waals surface area contributed by atoms with Crippen molar-refractivity contribution < 1.29 is 27.5 Å². The van der Waals surface area contributed by atoms with Crippen LogP contribution in [0.5, 0.6) is 11.5 Å². The Hall–Kier alpha value is -3.57. The van der Waals surface area contributed by atoms with Gasteiger partial charge in [0.2, 0.25) is 11.8 Å². The van der Waals surface area contributed by atoms with Gasteiger partial charge >= 0.3 is 0 Å². The lowest BCUT2D eigenvalue weighted by molar-refractivity contribution is -0.139. The molecule has 11 heteroatoms. The second-order valence-corrected chi connectivity index (χ2v) is 12.1. The van der Waals surface area contributed by atoms with E-state index in [1.165, 1.54) is 43.4 Å². The van der Waals surface area contributed by atoms with Crippen LogP contribution in [0.3, 0.4) is 0 Å². The summed E-state index contributed by atoms with van der Waals surface area (Å²) < 4.78 is 40.5. The molecule has 3 aromatic carbocycles. The van der Waals surface area contributed by atoms with E-state index in [2.05, 4.69) is 21.2 Å². The fourth-order valence-electron chi connectivity index (χ4n) is 4.13. The van der Waals surface area contributed by atoms with Gasteiger partial charge in [0, 0.05) is 17.6 Å². The highest BCUT2D eigenvalue weighted by Gasteiger charge is 2.33. The lowest BCUT2D eigenvalue weighted by atomic mass is 10.1. The number of methoxy groups -OCH3 is 2. The fourth-order valence-corrected chi connectivity index (χ4v) is 5.82. The van der Waals surface area contributed by atoms with Gasteiger partial charge in [-0.1, -0.05) is 53.5 Å². The van der Waals surface area contributed by atoms with Crippen molar-refractivity contribution in [3.05, 3.63) is 82.8 Å². The monoisotopic (exact) mass is 645 g/mol. The van der Waals surface area contributed by atoms with Crippen LogP contribution in [0.25, 0.3) is 0 Å². The molecule has 0 radical (unpaired) electrons. The molecule has 0 saturated carbocycles. The van der Waals surface area contributed by atoms with E-state index in [1.807, 2.05) is 31.2 Å². The quantitative estimate of drug-likeness (QED) is 0.248. The third-order valence-corrected chi connectivity index (χ3v) is 8.85. The average molecular weight is 647 g/mol. The molecule has 0 aliphatic rings. The van der Waals surface area contributed by atoms with Gasteiger partial charge in [0.1, 0.15) is 24.1 Å². The first kappa shape index (κ1) is 32.0. The zero-order valence-corrected chi connectivity index (χ0v) is 26.1. The number of unbranched alkanes of at least 4 members (excludes halogenated alkanes) is 1. The Kier molecular flexibility index (Phi) is 11.6. The fraction of sp³-hybridized carbons (Fsp3) is 0.333. The first-order valence-corrected chi connectivity index (χ1v) is 15.5. The van der Waals surface area contributed by atoms with Crippen LogP contribution in [-0.2, 0) is 26.2 Å². The smallest absolute Gasteiger partial charge is 0.264 e. The summed E-state index contributed by atoms with van der Waals surface area (Å²) in [6, 6.07) is 19.0. The van der Waals surface area contributed by atoms with E-state index in [0.717, 1.165) is 27.2 Å². The van der Waals surface area contributed by atoms with E-state index in [0.29, 0.717) is 12.3 Å². The number of carbonyl (C=O) groups excluding carboxylic acids is 2. The Balaban J connectivity index is 2.03. The first-order chi connectivity index (χ1) is 19.6. The lowest BCUT2D eigenvalue weighted by Gasteiger charge is -2.32. The minimum Gasteiger partial charge on any atom is -0.497 e. The van der Waals surface area contributed by atoms with Crippen molar-refractivity contribution in [2.45, 2.75) is 44.2 Å². The van der Waals surface area contributed by atoms with E-state index < -0.39 is 28.5 Å². The van der Waals surface area contributed by atoms with Crippen molar-refractivity contribution in [1.29, 1.82) is 0 Å². The number of nitrogens with one attached hydrogen (secondary N) is 1. The van der Waals surface area contributed by atoms with Gasteiger partial charge in [-0.25, -0.2) is 8.42 Å². The maximum Gasteiger partial charge on any atom is 0.264 e.